The zero-order valence-corrected chi connectivity index (χ0v) is 16.8. The molecule has 0 saturated carbocycles. The lowest BCUT2D eigenvalue weighted by Crippen LogP contribution is -2.48. The fourth-order valence-electron chi connectivity index (χ4n) is 3.85. The highest BCUT2D eigenvalue weighted by atomic mass is 19.1. The molecule has 150 valence electrons. The molecule has 2 amide bonds. The lowest BCUT2D eigenvalue weighted by molar-refractivity contribution is -0.142. The Bertz CT molecular complexity index is 846. The van der Waals surface area contributed by atoms with Crippen molar-refractivity contribution in [3.8, 4) is 0 Å². The van der Waals surface area contributed by atoms with Crippen molar-refractivity contribution in [2.45, 2.75) is 39.8 Å². The summed E-state index contributed by atoms with van der Waals surface area (Å²) < 4.78 is 16.7. The summed E-state index contributed by atoms with van der Waals surface area (Å²) in [7, 11) is 0. The number of halogens is 1. The maximum absolute atomic E-state index is 14.6. The summed E-state index contributed by atoms with van der Waals surface area (Å²) >= 11 is 0. The van der Waals surface area contributed by atoms with E-state index in [9.17, 15) is 14.0 Å². The first-order chi connectivity index (χ1) is 13.4. The summed E-state index contributed by atoms with van der Waals surface area (Å²) in [5.74, 6) is -0.249. The predicted octanol–water partition coefficient (Wildman–Crippen LogP) is 3.45. The van der Waals surface area contributed by atoms with Crippen LogP contribution in [-0.4, -0.2) is 45.8 Å². The minimum absolute atomic E-state index is 0.0243. The zero-order chi connectivity index (χ0) is 20.3. The standard InChI is InChI=1S/C22H28FN3O2/c1-4-20(27)25(14-16(2)3)15-21(28)26-13-12-24-11-7-10-19(24)22(26)17-8-5-6-9-18(17)23/h5-11,16,22H,4,12-15H2,1-3H3/t22-/m0/s1. The number of hydrogen-bond donors (Lipinski definition) is 0. The topological polar surface area (TPSA) is 45.6 Å². The normalized spacial score (nSPS) is 16.2. The highest BCUT2D eigenvalue weighted by Gasteiger charge is 2.34. The molecule has 0 spiro atoms. The molecule has 2 heterocycles. The van der Waals surface area contributed by atoms with Gasteiger partial charge in [0, 0.05) is 43.5 Å². The molecule has 0 aliphatic carbocycles. The van der Waals surface area contributed by atoms with E-state index in [1.54, 1.807) is 34.9 Å². The number of benzene rings is 1. The number of aromatic nitrogens is 1. The highest BCUT2D eigenvalue weighted by Crippen LogP contribution is 2.33. The fraction of sp³-hybridized carbons (Fsp3) is 0.455. The summed E-state index contributed by atoms with van der Waals surface area (Å²) in [4.78, 5) is 28.9. The summed E-state index contributed by atoms with van der Waals surface area (Å²) in [6, 6.07) is 9.95. The molecule has 1 aromatic heterocycles. The van der Waals surface area contributed by atoms with Crippen molar-refractivity contribution in [1.29, 1.82) is 0 Å². The van der Waals surface area contributed by atoms with Crippen molar-refractivity contribution in [1.82, 2.24) is 14.4 Å². The van der Waals surface area contributed by atoms with Gasteiger partial charge in [0.25, 0.3) is 0 Å². The van der Waals surface area contributed by atoms with E-state index in [0.717, 1.165) is 5.69 Å². The van der Waals surface area contributed by atoms with E-state index in [1.807, 2.05) is 32.2 Å². The van der Waals surface area contributed by atoms with Crippen LogP contribution < -0.4 is 0 Å². The molecule has 0 radical (unpaired) electrons. The van der Waals surface area contributed by atoms with Gasteiger partial charge in [0.05, 0.1) is 6.54 Å². The Balaban J connectivity index is 1.91. The first-order valence-corrected chi connectivity index (χ1v) is 9.89. The molecule has 1 aromatic carbocycles. The van der Waals surface area contributed by atoms with Gasteiger partial charge in [0.1, 0.15) is 11.9 Å². The van der Waals surface area contributed by atoms with Crippen LogP contribution in [0.4, 0.5) is 4.39 Å². The van der Waals surface area contributed by atoms with Gasteiger partial charge in [-0.2, -0.15) is 0 Å². The molecule has 5 nitrogen and oxygen atoms in total. The van der Waals surface area contributed by atoms with E-state index < -0.39 is 6.04 Å². The first kappa shape index (κ1) is 20.1. The molecule has 6 heteroatoms. The lowest BCUT2D eigenvalue weighted by atomic mass is 9.99. The van der Waals surface area contributed by atoms with Crippen LogP contribution in [0.3, 0.4) is 0 Å². The number of carbonyl (C=O) groups is 2. The van der Waals surface area contributed by atoms with Crippen molar-refractivity contribution in [3.63, 3.8) is 0 Å². The average molecular weight is 385 g/mol. The fourth-order valence-corrected chi connectivity index (χ4v) is 3.85. The largest absolute Gasteiger partial charge is 0.348 e. The Labute approximate surface area is 165 Å². The second-order valence-corrected chi connectivity index (χ2v) is 7.66. The molecule has 3 rings (SSSR count). The molecule has 1 atom stereocenters. The third-order valence-corrected chi connectivity index (χ3v) is 5.13. The average Bonchev–Trinajstić information content (AvgIpc) is 3.15. The predicted molar refractivity (Wildman–Crippen MR) is 106 cm³/mol. The molecule has 0 unspecified atom stereocenters. The molecule has 0 saturated heterocycles. The number of fused-ring (bicyclic) bond motifs is 1. The lowest BCUT2D eigenvalue weighted by Gasteiger charge is -2.38. The maximum Gasteiger partial charge on any atom is 0.243 e. The van der Waals surface area contributed by atoms with Crippen molar-refractivity contribution < 1.29 is 14.0 Å². The van der Waals surface area contributed by atoms with Crippen molar-refractivity contribution >= 4 is 11.8 Å². The van der Waals surface area contributed by atoms with Gasteiger partial charge in [-0.15, -0.1) is 0 Å². The Morgan fingerprint density at radius 3 is 2.61 bits per heavy atom. The minimum Gasteiger partial charge on any atom is -0.348 e. The molecule has 0 bridgehead atoms. The molecule has 28 heavy (non-hydrogen) atoms. The Morgan fingerprint density at radius 2 is 1.93 bits per heavy atom. The third kappa shape index (κ3) is 4.11. The van der Waals surface area contributed by atoms with Crippen LogP contribution in [-0.2, 0) is 16.1 Å². The van der Waals surface area contributed by atoms with E-state index in [-0.39, 0.29) is 30.1 Å². The van der Waals surface area contributed by atoms with Crippen LogP contribution in [0.25, 0.3) is 0 Å². The van der Waals surface area contributed by atoms with Crippen LogP contribution >= 0.6 is 0 Å². The summed E-state index contributed by atoms with van der Waals surface area (Å²) in [6.07, 6.45) is 2.32. The van der Waals surface area contributed by atoms with Crippen molar-refractivity contribution in [2.24, 2.45) is 5.92 Å². The molecular weight excluding hydrogens is 357 g/mol. The molecular formula is C22H28FN3O2. The first-order valence-electron chi connectivity index (χ1n) is 9.89. The van der Waals surface area contributed by atoms with Gasteiger partial charge in [-0.3, -0.25) is 9.59 Å². The Morgan fingerprint density at radius 1 is 1.18 bits per heavy atom. The smallest absolute Gasteiger partial charge is 0.243 e. The van der Waals surface area contributed by atoms with Crippen molar-refractivity contribution in [3.05, 3.63) is 59.7 Å². The van der Waals surface area contributed by atoms with Gasteiger partial charge >= 0.3 is 0 Å². The second-order valence-electron chi connectivity index (χ2n) is 7.66. The summed E-state index contributed by atoms with van der Waals surface area (Å²) in [5.41, 5.74) is 1.37. The van der Waals surface area contributed by atoms with Gasteiger partial charge in [0.15, 0.2) is 0 Å². The highest BCUT2D eigenvalue weighted by molar-refractivity contribution is 5.85. The van der Waals surface area contributed by atoms with Crippen LogP contribution in [0.15, 0.2) is 42.6 Å². The van der Waals surface area contributed by atoms with Gasteiger partial charge in [0.2, 0.25) is 11.8 Å². The summed E-state index contributed by atoms with van der Waals surface area (Å²) in [5, 5.41) is 0. The van der Waals surface area contributed by atoms with Crippen LogP contribution in [0.2, 0.25) is 0 Å². The maximum atomic E-state index is 14.6. The van der Waals surface area contributed by atoms with E-state index in [4.69, 9.17) is 0 Å². The quantitative estimate of drug-likeness (QED) is 0.765. The number of nitrogens with zero attached hydrogens (tertiary/aromatic N) is 3. The van der Waals surface area contributed by atoms with Gasteiger partial charge in [-0.05, 0) is 24.1 Å². The van der Waals surface area contributed by atoms with Gasteiger partial charge < -0.3 is 14.4 Å². The van der Waals surface area contributed by atoms with Crippen LogP contribution in [0, 0.1) is 11.7 Å². The van der Waals surface area contributed by atoms with Gasteiger partial charge in [-0.1, -0.05) is 39.0 Å². The Hall–Kier alpha value is -2.63. The third-order valence-electron chi connectivity index (χ3n) is 5.13. The number of amides is 2. The molecule has 2 aromatic rings. The molecule has 0 N–H and O–H groups in total. The van der Waals surface area contributed by atoms with E-state index in [0.29, 0.717) is 31.6 Å². The number of carbonyl (C=O) groups excluding carboxylic acids is 2. The minimum atomic E-state index is -0.491. The van der Waals surface area contributed by atoms with Gasteiger partial charge in [-0.25, -0.2) is 4.39 Å². The molecule has 0 fully saturated rings. The SMILES string of the molecule is CCC(=O)N(CC(=O)N1CCn2cccc2[C@@H]1c1ccccc1F)CC(C)C. The van der Waals surface area contributed by atoms with Crippen LogP contribution in [0.1, 0.15) is 44.5 Å². The Kier molecular flexibility index (Phi) is 6.17. The van der Waals surface area contributed by atoms with Crippen LogP contribution in [0.5, 0.6) is 0 Å². The molecule has 1 aliphatic heterocycles. The van der Waals surface area contributed by atoms with E-state index in [2.05, 4.69) is 4.57 Å². The van der Waals surface area contributed by atoms with Crippen molar-refractivity contribution in [2.75, 3.05) is 19.6 Å². The zero-order valence-electron chi connectivity index (χ0n) is 16.8. The number of rotatable bonds is 6. The molecule has 1 aliphatic rings. The van der Waals surface area contributed by atoms with E-state index in [1.165, 1.54) is 6.07 Å². The summed E-state index contributed by atoms with van der Waals surface area (Å²) in [6.45, 7) is 7.55. The second kappa shape index (κ2) is 8.59. The number of hydrogen-bond acceptors (Lipinski definition) is 2. The monoisotopic (exact) mass is 385 g/mol. The van der Waals surface area contributed by atoms with E-state index >= 15 is 0 Å².